The number of anilines is 1. The zero-order chi connectivity index (χ0) is 16.8. The SMILES string of the molecule is CC1CCCCN1c1ccc(B2OC(C)(C)C(C)(C)O2)c(Cl)c1. The number of piperidine rings is 1. The van der Waals surface area contributed by atoms with Gasteiger partial charge in [0.1, 0.15) is 0 Å². The highest BCUT2D eigenvalue weighted by molar-refractivity contribution is 6.65. The molecule has 1 aromatic carbocycles. The van der Waals surface area contributed by atoms with Crippen LogP contribution in [0.2, 0.25) is 5.02 Å². The number of halogens is 1. The van der Waals surface area contributed by atoms with Crippen molar-refractivity contribution in [3.8, 4) is 0 Å². The first-order chi connectivity index (χ1) is 10.7. The van der Waals surface area contributed by atoms with Crippen LogP contribution in [0.25, 0.3) is 0 Å². The van der Waals surface area contributed by atoms with E-state index in [1.807, 2.05) is 0 Å². The third-order valence-electron chi connectivity index (χ3n) is 5.63. The third kappa shape index (κ3) is 3.13. The maximum Gasteiger partial charge on any atom is 0.496 e. The highest BCUT2D eigenvalue weighted by atomic mass is 35.5. The summed E-state index contributed by atoms with van der Waals surface area (Å²) < 4.78 is 12.2. The van der Waals surface area contributed by atoms with Crippen LogP contribution in [-0.2, 0) is 9.31 Å². The van der Waals surface area contributed by atoms with Crippen molar-refractivity contribution >= 4 is 29.9 Å². The van der Waals surface area contributed by atoms with Crippen LogP contribution in [0.1, 0.15) is 53.9 Å². The second-order valence-electron chi connectivity index (χ2n) is 7.83. The molecule has 23 heavy (non-hydrogen) atoms. The smallest absolute Gasteiger partial charge is 0.399 e. The van der Waals surface area contributed by atoms with Crippen molar-refractivity contribution in [2.24, 2.45) is 0 Å². The first-order valence-electron chi connectivity index (χ1n) is 8.63. The quantitative estimate of drug-likeness (QED) is 0.762. The minimum atomic E-state index is -0.402. The minimum Gasteiger partial charge on any atom is -0.399 e. The Kier molecular flexibility index (Phi) is 4.45. The summed E-state index contributed by atoms with van der Waals surface area (Å²) >= 11 is 6.58. The summed E-state index contributed by atoms with van der Waals surface area (Å²) in [6.07, 6.45) is 3.81. The number of hydrogen-bond donors (Lipinski definition) is 0. The van der Waals surface area contributed by atoms with E-state index in [-0.39, 0.29) is 11.2 Å². The van der Waals surface area contributed by atoms with Crippen molar-refractivity contribution in [3.05, 3.63) is 23.2 Å². The van der Waals surface area contributed by atoms with Gasteiger partial charge in [-0.2, -0.15) is 0 Å². The van der Waals surface area contributed by atoms with E-state index in [9.17, 15) is 0 Å². The molecule has 126 valence electrons. The molecule has 3 rings (SSSR count). The fraction of sp³-hybridized carbons (Fsp3) is 0.667. The Labute approximate surface area is 145 Å². The molecule has 5 heteroatoms. The van der Waals surface area contributed by atoms with Gasteiger partial charge in [-0.25, -0.2) is 0 Å². The van der Waals surface area contributed by atoms with Crippen molar-refractivity contribution in [1.82, 2.24) is 0 Å². The summed E-state index contributed by atoms with van der Waals surface area (Å²) in [7, 11) is -0.402. The lowest BCUT2D eigenvalue weighted by molar-refractivity contribution is 0.00578. The van der Waals surface area contributed by atoms with E-state index in [0.717, 1.165) is 17.0 Å². The third-order valence-corrected chi connectivity index (χ3v) is 5.95. The van der Waals surface area contributed by atoms with Gasteiger partial charge in [-0.15, -0.1) is 0 Å². The van der Waals surface area contributed by atoms with Crippen LogP contribution in [0.15, 0.2) is 18.2 Å². The van der Waals surface area contributed by atoms with E-state index in [0.29, 0.717) is 6.04 Å². The average Bonchev–Trinajstić information content (AvgIpc) is 2.67. The van der Waals surface area contributed by atoms with E-state index < -0.39 is 7.12 Å². The molecule has 0 radical (unpaired) electrons. The monoisotopic (exact) mass is 335 g/mol. The van der Waals surface area contributed by atoms with Gasteiger partial charge in [0.05, 0.1) is 11.2 Å². The second-order valence-corrected chi connectivity index (χ2v) is 8.24. The molecule has 2 saturated heterocycles. The molecule has 2 aliphatic rings. The molecule has 1 aromatic rings. The maximum atomic E-state index is 6.58. The molecular weight excluding hydrogens is 308 g/mol. The van der Waals surface area contributed by atoms with Gasteiger partial charge in [-0.1, -0.05) is 17.7 Å². The molecular formula is C18H27BClNO2. The lowest BCUT2D eigenvalue weighted by atomic mass is 9.79. The summed E-state index contributed by atoms with van der Waals surface area (Å²) in [6, 6.07) is 6.83. The standard InChI is InChI=1S/C18H27BClNO2/c1-13-8-6-7-11-21(13)14-9-10-15(16(20)12-14)19-22-17(2,3)18(4,5)23-19/h9-10,12-13H,6-8,11H2,1-5H3. The Hall–Kier alpha value is -0.705. The molecule has 0 aliphatic carbocycles. The van der Waals surface area contributed by atoms with E-state index >= 15 is 0 Å². The van der Waals surface area contributed by atoms with Crippen LogP contribution >= 0.6 is 11.6 Å². The van der Waals surface area contributed by atoms with Gasteiger partial charge in [0, 0.05) is 28.8 Å². The van der Waals surface area contributed by atoms with E-state index in [2.05, 4.69) is 57.7 Å². The summed E-state index contributed by atoms with van der Waals surface area (Å²) in [4.78, 5) is 2.45. The van der Waals surface area contributed by atoms with Gasteiger partial charge < -0.3 is 14.2 Å². The Morgan fingerprint density at radius 2 is 1.78 bits per heavy atom. The molecule has 0 aromatic heterocycles. The molecule has 0 N–H and O–H groups in total. The molecule has 1 atom stereocenters. The van der Waals surface area contributed by atoms with Crippen LogP contribution in [-0.4, -0.2) is 30.9 Å². The van der Waals surface area contributed by atoms with Gasteiger partial charge in [0.15, 0.2) is 0 Å². The van der Waals surface area contributed by atoms with Gasteiger partial charge in [-0.3, -0.25) is 0 Å². The molecule has 2 aliphatic heterocycles. The van der Waals surface area contributed by atoms with E-state index in [1.54, 1.807) is 0 Å². The summed E-state index contributed by atoms with van der Waals surface area (Å²) in [6.45, 7) is 11.6. The average molecular weight is 336 g/mol. The van der Waals surface area contributed by atoms with Gasteiger partial charge in [0.25, 0.3) is 0 Å². The number of benzene rings is 1. The predicted molar refractivity (Wildman–Crippen MR) is 97.8 cm³/mol. The highest BCUT2D eigenvalue weighted by Gasteiger charge is 2.52. The first-order valence-corrected chi connectivity index (χ1v) is 9.01. The Morgan fingerprint density at radius 1 is 1.13 bits per heavy atom. The van der Waals surface area contributed by atoms with Crippen LogP contribution in [0.3, 0.4) is 0 Å². The van der Waals surface area contributed by atoms with Gasteiger partial charge in [0.2, 0.25) is 0 Å². The molecule has 0 amide bonds. The summed E-state index contributed by atoms with van der Waals surface area (Å²) in [5.74, 6) is 0. The first kappa shape index (κ1) is 17.1. The Morgan fingerprint density at radius 3 is 2.35 bits per heavy atom. The van der Waals surface area contributed by atoms with Crippen molar-refractivity contribution < 1.29 is 9.31 Å². The van der Waals surface area contributed by atoms with Crippen molar-refractivity contribution in [2.75, 3.05) is 11.4 Å². The second kappa shape index (κ2) is 5.98. The largest absolute Gasteiger partial charge is 0.496 e. The zero-order valence-electron chi connectivity index (χ0n) is 14.9. The number of hydrogen-bond acceptors (Lipinski definition) is 3. The molecule has 0 spiro atoms. The molecule has 1 unspecified atom stereocenters. The molecule has 0 bridgehead atoms. The van der Waals surface area contributed by atoms with Crippen molar-refractivity contribution in [3.63, 3.8) is 0 Å². The Bertz CT molecular complexity index is 574. The fourth-order valence-electron chi connectivity index (χ4n) is 3.34. The lowest BCUT2D eigenvalue weighted by Crippen LogP contribution is -2.41. The van der Waals surface area contributed by atoms with Crippen LogP contribution in [0.5, 0.6) is 0 Å². The zero-order valence-corrected chi connectivity index (χ0v) is 15.6. The van der Waals surface area contributed by atoms with Crippen LogP contribution < -0.4 is 10.4 Å². The summed E-state index contributed by atoms with van der Waals surface area (Å²) in [5, 5.41) is 0.721. The van der Waals surface area contributed by atoms with Crippen molar-refractivity contribution in [1.29, 1.82) is 0 Å². The van der Waals surface area contributed by atoms with Crippen molar-refractivity contribution in [2.45, 2.75) is 71.1 Å². The van der Waals surface area contributed by atoms with Gasteiger partial charge in [-0.05, 0) is 66.0 Å². The number of rotatable bonds is 2. The highest BCUT2D eigenvalue weighted by Crippen LogP contribution is 2.37. The summed E-state index contributed by atoms with van der Waals surface area (Å²) in [5.41, 5.74) is 1.42. The molecule has 0 saturated carbocycles. The maximum absolute atomic E-state index is 6.58. The minimum absolute atomic E-state index is 0.346. The predicted octanol–water partition coefficient (Wildman–Crippen LogP) is 4.02. The van der Waals surface area contributed by atoms with Gasteiger partial charge >= 0.3 is 7.12 Å². The Balaban J connectivity index is 1.83. The lowest BCUT2D eigenvalue weighted by Gasteiger charge is -2.35. The molecule has 2 heterocycles. The van der Waals surface area contributed by atoms with E-state index in [1.165, 1.54) is 24.9 Å². The normalized spacial score (nSPS) is 26.6. The van der Waals surface area contributed by atoms with Crippen LogP contribution in [0, 0.1) is 0 Å². The van der Waals surface area contributed by atoms with E-state index in [4.69, 9.17) is 20.9 Å². The topological polar surface area (TPSA) is 21.7 Å². The van der Waals surface area contributed by atoms with Crippen LogP contribution in [0.4, 0.5) is 5.69 Å². The number of nitrogens with zero attached hydrogens (tertiary/aromatic N) is 1. The molecule has 3 nitrogen and oxygen atoms in total. The fourth-order valence-corrected chi connectivity index (χ4v) is 3.60. The molecule has 2 fully saturated rings.